The Labute approximate surface area is 638 Å². The van der Waals surface area contributed by atoms with Crippen LogP contribution >= 0.6 is 15.6 Å². The van der Waals surface area contributed by atoms with Crippen molar-refractivity contribution in [3.8, 4) is 0 Å². The first-order chi connectivity index (χ1) is 50.2. The molecule has 7 atom stereocenters. The molecule has 104 heavy (non-hydrogen) atoms. The third-order valence-electron chi connectivity index (χ3n) is 20.5. The Morgan fingerprint density at radius 3 is 0.683 bits per heavy atom. The van der Waals surface area contributed by atoms with Crippen molar-refractivity contribution in [1.82, 2.24) is 0 Å². The molecule has 0 spiro atoms. The number of phosphoric ester groups is 2. The van der Waals surface area contributed by atoms with Crippen LogP contribution in [0.2, 0.25) is 0 Å². The Bertz CT molecular complexity index is 2030. The quantitative estimate of drug-likeness (QED) is 0.0222. The molecule has 618 valence electrons. The molecule has 17 nitrogen and oxygen atoms in total. The first kappa shape index (κ1) is 102. The molecule has 0 rings (SSSR count). The van der Waals surface area contributed by atoms with Gasteiger partial charge in [0.05, 0.1) is 26.4 Å². The van der Waals surface area contributed by atoms with Gasteiger partial charge in [-0.3, -0.25) is 37.3 Å². The van der Waals surface area contributed by atoms with Crippen molar-refractivity contribution in [2.75, 3.05) is 39.6 Å². The average molecular weight is 1520 g/mol. The van der Waals surface area contributed by atoms with Gasteiger partial charge in [-0.25, -0.2) is 9.13 Å². The van der Waals surface area contributed by atoms with Gasteiger partial charge in [-0.05, 0) is 49.4 Å². The van der Waals surface area contributed by atoms with E-state index in [4.69, 9.17) is 37.0 Å². The van der Waals surface area contributed by atoms with Crippen LogP contribution in [0, 0.1) is 23.7 Å². The molecule has 0 amide bonds. The maximum Gasteiger partial charge on any atom is 0.472 e. The molecule has 0 radical (unpaired) electrons. The predicted octanol–water partition coefficient (Wildman–Crippen LogP) is 25.6. The fraction of sp³-hybridized carbons (Fsp3) is 0.953. The molecule has 0 aliphatic heterocycles. The molecule has 0 aliphatic carbocycles. The Morgan fingerprint density at radius 2 is 0.462 bits per heavy atom. The molecular formula is C85H166O17P2. The average Bonchev–Trinajstić information content (AvgIpc) is 0.915. The third-order valence-corrected chi connectivity index (χ3v) is 22.4. The van der Waals surface area contributed by atoms with Crippen LogP contribution in [-0.2, 0) is 65.4 Å². The third kappa shape index (κ3) is 75.5. The minimum absolute atomic E-state index is 0.104. The summed E-state index contributed by atoms with van der Waals surface area (Å²) >= 11 is 0. The molecule has 0 aliphatic rings. The standard InChI is InChI=1S/C85H166O17P2/c1-9-77(7)63-55-47-39-32-28-24-20-16-12-14-17-21-25-29-33-40-49-57-65-82(87)95-71-80(101-84(89)67-59-51-41-34-30-26-22-18-13-11-15-19-23-27-31-37-45-53-61-75(3)4)73-99-103(91,92)97-69-79(86)70-98-104(93,94)100-74-81(72-96-83(88)66-58-50-44-43-48-56-64-78(8)10-2)102-85(90)68-60-52-42-36-35-38-46-54-62-76(5)6/h75-81,86H,9-74H2,1-8H3,(H,91,92)(H,93,94)/t77?,78?,79-,80-,81-/m1/s1. The lowest BCUT2D eigenvalue weighted by molar-refractivity contribution is -0.161. The Kier molecular flexibility index (Phi) is 72.5. The van der Waals surface area contributed by atoms with Crippen LogP contribution < -0.4 is 0 Å². The molecule has 0 fully saturated rings. The predicted molar refractivity (Wildman–Crippen MR) is 428 cm³/mol. The number of unbranched alkanes of at least 4 members (excludes halogenated alkanes) is 46. The number of rotatable bonds is 82. The van der Waals surface area contributed by atoms with Crippen molar-refractivity contribution < 1.29 is 80.2 Å². The highest BCUT2D eigenvalue weighted by Crippen LogP contribution is 2.45. The number of ether oxygens (including phenoxy) is 4. The lowest BCUT2D eigenvalue weighted by Crippen LogP contribution is -2.30. The summed E-state index contributed by atoms with van der Waals surface area (Å²) in [5.41, 5.74) is 0. The number of phosphoric acid groups is 2. The Hall–Kier alpha value is -1.94. The summed E-state index contributed by atoms with van der Waals surface area (Å²) in [5, 5.41) is 10.7. The molecule has 0 bridgehead atoms. The lowest BCUT2D eigenvalue weighted by atomic mass is 9.99. The molecule has 0 saturated carbocycles. The minimum Gasteiger partial charge on any atom is -0.462 e. The second-order valence-electron chi connectivity index (χ2n) is 32.0. The number of carbonyl (C=O) groups is 4. The summed E-state index contributed by atoms with van der Waals surface area (Å²) in [4.78, 5) is 73.1. The largest absolute Gasteiger partial charge is 0.472 e. The van der Waals surface area contributed by atoms with E-state index in [2.05, 4.69) is 55.4 Å². The monoisotopic (exact) mass is 1520 g/mol. The van der Waals surface area contributed by atoms with Gasteiger partial charge in [0.2, 0.25) is 0 Å². The molecule has 0 saturated heterocycles. The van der Waals surface area contributed by atoms with Crippen molar-refractivity contribution >= 4 is 39.5 Å². The zero-order valence-corrected chi connectivity index (χ0v) is 70.5. The summed E-state index contributed by atoms with van der Waals surface area (Å²) in [7, 11) is -9.92. The molecule has 19 heteroatoms. The molecule has 0 aromatic carbocycles. The number of hydrogen-bond acceptors (Lipinski definition) is 15. The van der Waals surface area contributed by atoms with Gasteiger partial charge in [-0.1, -0.05) is 389 Å². The second-order valence-corrected chi connectivity index (χ2v) is 34.9. The van der Waals surface area contributed by atoms with Crippen molar-refractivity contribution in [3.05, 3.63) is 0 Å². The van der Waals surface area contributed by atoms with Crippen molar-refractivity contribution in [2.24, 2.45) is 23.7 Å². The molecule has 0 aromatic heterocycles. The van der Waals surface area contributed by atoms with Crippen LogP contribution in [0.3, 0.4) is 0 Å². The summed E-state index contributed by atoms with van der Waals surface area (Å²) < 4.78 is 68.8. The van der Waals surface area contributed by atoms with Crippen LogP contribution in [0.25, 0.3) is 0 Å². The normalized spacial score (nSPS) is 14.5. The van der Waals surface area contributed by atoms with Gasteiger partial charge in [-0.2, -0.15) is 0 Å². The van der Waals surface area contributed by atoms with Gasteiger partial charge in [0, 0.05) is 25.7 Å². The van der Waals surface area contributed by atoms with E-state index in [1.807, 2.05) is 0 Å². The van der Waals surface area contributed by atoms with Gasteiger partial charge in [0.1, 0.15) is 19.3 Å². The zero-order valence-electron chi connectivity index (χ0n) is 68.7. The lowest BCUT2D eigenvalue weighted by Gasteiger charge is -2.21. The summed E-state index contributed by atoms with van der Waals surface area (Å²) in [6.07, 6.45) is 62.7. The van der Waals surface area contributed by atoms with Crippen LogP contribution in [0.5, 0.6) is 0 Å². The van der Waals surface area contributed by atoms with E-state index in [9.17, 15) is 43.2 Å². The van der Waals surface area contributed by atoms with E-state index in [1.54, 1.807) is 0 Å². The highest BCUT2D eigenvalue weighted by molar-refractivity contribution is 7.47. The summed E-state index contributed by atoms with van der Waals surface area (Å²) in [5.74, 6) is 1.03. The molecule has 3 N–H and O–H groups in total. The maximum atomic E-state index is 13.1. The highest BCUT2D eigenvalue weighted by Gasteiger charge is 2.30. The molecule has 0 heterocycles. The number of carbonyl (C=O) groups excluding carboxylic acids is 4. The van der Waals surface area contributed by atoms with Crippen molar-refractivity contribution in [2.45, 2.75) is 459 Å². The number of aliphatic hydroxyl groups excluding tert-OH is 1. The van der Waals surface area contributed by atoms with Crippen molar-refractivity contribution in [1.29, 1.82) is 0 Å². The second kappa shape index (κ2) is 73.8. The SMILES string of the molecule is CCC(C)CCCCCCCCCCCCCCCCCCCCC(=O)OC[C@H](COP(=O)(O)OC[C@@H](O)COP(=O)(O)OC[C@@H](COC(=O)CCCCCCCCC(C)CC)OC(=O)CCCCCCCCCCC(C)C)OC(=O)CCCCCCCCCCCCCCCCCCCCC(C)C. The zero-order chi connectivity index (χ0) is 76.7. The molecule has 0 aromatic rings. The first-order valence-electron chi connectivity index (χ1n) is 43.8. The van der Waals surface area contributed by atoms with E-state index in [0.29, 0.717) is 25.7 Å². The highest BCUT2D eigenvalue weighted by atomic mass is 31.2. The Morgan fingerprint density at radius 1 is 0.269 bits per heavy atom. The summed E-state index contributed by atoms with van der Waals surface area (Å²) in [6.45, 7) is 14.3. The fourth-order valence-corrected chi connectivity index (χ4v) is 14.7. The van der Waals surface area contributed by atoms with Crippen LogP contribution in [-0.4, -0.2) is 96.7 Å². The number of hydrogen-bond donors (Lipinski definition) is 3. The van der Waals surface area contributed by atoms with E-state index in [1.165, 1.54) is 238 Å². The van der Waals surface area contributed by atoms with Gasteiger partial charge in [0.25, 0.3) is 0 Å². The maximum absolute atomic E-state index is 13.1. The van der Waals surface area contributed by atoms with E-state index in [-0.39, 0.29) is 25.7 Å². The topological polar surface area (TPSA) is 237 Å². The van der Waals surface area contributed by atoms with E-state index < -0.39 is 97.5 Å². The van der Waals surface area contributed by atoms with Gasteiger partial charge < -0.3 is 33.8 Å². The van der Waals surface area contributed by atoms with Gasteiger partial charge in [-0.15, -0.1) is 0 Å². The fourth-order valence-electron chi connectivity index (χ4n) is 13.1. The first-order valence-corrected chi connectivity index (χ1v) is 46.8. The van der Waals surface area contributed by atoms with E-state index in [0.717, 1.165) is 120 Å². The summed E-state index contributed by atoms with van der Waals surface area (Å²) in [6, 6.07) is 0. The number of aliphatic hydroxyl groups is 1. The number of esters is 4. The van der Waals surface area contributed by atoms with Gasteiger partial charge in [0.15, 0.2) is 12.2 Å². The minimum atomic E-state index is -4.97. The smallest absolute Gasteiger partial charge is 0.462 e. The Balaban J connectivity index is 5.19. The van der Waals surface area contributed by atoms with Crippen LogP contribution in [0.4, 0.5) is 0 Å². The van der Waals surface area contributed by atoms with Gasteiger partial charge >= 0.3 is 39.5 Å². The van der Waals surface area contributed by atoms with Crippen LogP contribution in [0.15, 0.2) is 0 Å². The van der Waals surface area contributed by atoms with Crippen molar-refractivity contribution in [3.63, 3.8) is 0 Å². The molecular weight excluding hydrogens is 1350 g/mol. The van der Waals surface area contributed by atoms with E-state index >= 15 is 0 Å². The van der Waals surface area contributed by atoms with Crippen LogP contribution in [0.1, 0.15) is 441 Å². The molecule has 4 unspecified atom stereocenters.